The van der Waals surface area contributed by atoms with Crippen molar-refractivity contribution in [2.45, 2.75) is 37.6 Å². The predicted octanol–water partition coefficient (Wildman–Crippen LogP) is -0.0534. The lowest BCUT2D eigenvalue weighted by Crippen LogP contribution is -2.53. The van der Waals surface area contributed by atoms with Crippen LogP contribution in [0.3, 0.4) is 0 Å². The van der Waals surface area contributed by atoms with Gasteiger partial charge in [0.1, 0.15) is 6.61 Å². The lowest BCUT2D eigenvalue weighted by atomic mass is 10.1. The van der Waals surface area contributed by atoms with Crippen LogP contribution >= 0.6 is 0 Å². The molecule has 2 heterocycles. The third-order valence-electron chi connectivity index (χ3n) is 4.08. The molecule has 5 nitrogen and oxygen atoms in total. The van der Waals surface area contributed by atoms with Crippen LogP contribution in [-0.2, 0) is 14.3 Å². The zero-order valence-corrected chi connectivity index (χ0v) is 10.4. The molecule has 1 saturated carbocycles. The maximum Gasteiger partial charge on any atom is 0.260 e. The summed E-state index contributed by atoms with van der Waals surface area (Å²) in [6.07, 6.45) is 0.498. The van der Waals surface area contributed by atoms with Crippen LogP contribution in [-0.4, -0.2) is 65.7 Å². The number of morpholine rings is 1. The van der Waals surface area contributed by atoms with E-state index in [-0.39, 0.29) is 24.7 Å². The van der Waals surface area contributed by atoms with Crippen LogP contribution in [0.4, 0.5) is 4.39 Å². The molecule has 0 N–H and O–H groups in total. The fraction of sp³-hybridized carbons (Fsp3) is 0.833. The SMILES string of the molecule is CCN1C(=O)CO[C@@H]2CN(C(=O)C3(F)CC3)C[C@H]21. The summed E-state index contributed by atoms with van der Waals surface area (Å²) in [5.74, 6) is -0.474. The Morgan fingerprint density at radius 3 is 2.83 bits per heavy atom. The standard InChI is InChI=1S/C12H17FN2O3/c1-2-15-8-5-14(11(17)12(13)3-4-12)6-9(8)18-7-10(15)16/h8-9H,2-7H2,1H3/t8-,9-/m1/s1. The Morgan fingerprint density at radius 1 is 1.50 bits per heavy atom. The number of halogens is 1. The Hall–Kier alpha value is -1.17. The highest BCUT2D eigenvalue weighted by molar-refractivity contribution is 5.88. The molecule has 3 aliphatic rings. The van der Waals surface area contributed by atoms with E-state index >= 15 is 0 Å². The number of carbonyl (C=O) groups excluding carboxylic acids is 2. The van der Waals surface area contributed by atoms with Gasteiger partial charge in [-0.05, 0) is 19.8 Å². The number of likely N-dealkylation sites (N-methyl/N-ethyl adjacent to an activating group) is 1. The molecule has 18 heavy (non-hydrogen) atoms. The first kappa shape index (κ1) is 11.9. The molecule has 2 atom stereocenters. The molecule has 2 saturated heterocycles. The number of alkyl halides is 1. The van der Waals surface area contributed by atoms with E-state index in [0.29, 0.717) is 32.5 Å². The smallest absolute Gasteiger partial charge is 0.260 e. The second-order valence-corrected chi connectivity index (χ2v) is 5.27. The number of carbonyl (C=O) groups is 2. The molecule has 6 heteroatoms. The monoisotopic (exact) mass is 256 g/mol. The second-order valence-electron chi connectivity index (χ2n) is 5.27. The Bertz CT molecular complexity index is 397. The molecular formula is C12H17FN2O3. The first-order chi connectivity index (χ1) is 8.55. The van der Waals surface area contributed by atoms with Gasteiger partial charge in [0.15, 0.2) is 5.67 Å². The molecular weight excluding hydrogens is 239 g/mol. The Balaban J connectivity index is 1.73. The van der Waals surface area contributed by atoms with Crippen molar-refractivity contribution in [3.8, 4) is 0 Å². The van der Waals surface area contributed by atoms with E-state index < -0.39 is 11.6 Å². The molecule has 0 bridgehead atoms. The molecule has 1 aliphatic carbocycles. The zero-order valence-electron chi connectivity index (χ0n) is 10.4. The van der Waals surface area contributed by atoms with Crippen LogP contribution in [0.15, 0.2) is 0 Å². The van der Waals surface area contributed by atoms with Gasteiger partial charge in [-0.2, -0.15) is 0 Å². The first-order valence-corrected chi connectivity index (χ1v) is 6.44. The van der Waals surface area contributed by atoms with Crippen molar-refractivity contribution in [1.29, 1.82) is 0 Å². The Morgan fingerprint density at radius 2 is 2.22 bits per heavy atom. The quantitative estimate of drug-likeness (QED) is 0.696. The first-order valence-electron chi connectivity index (χ1n) is 6.44. The molecule has 100 valence electrons. The van der Waals surface area contributed by atoms with Crippen LogP contribution < -0.4 is 0 Å². The maximum absolute atomic E-state index is 13.8. The second kappa shape index (κ2) is 3.91. The number of fused-ring (bicyclic) bond motifs is 1. The molecule has 0 unspecified atom stereocenters. The van der Waals surface area contributed by atoms with Crippen molar-refractivity contribution in [2.75, 3.05) is 26.2 Å². The number of hydrogen-bond donors (Lipinski definition) is 0. The molecule has 3 rings (SSSR count). The van der Waals surface area contributed by atoms with Crippen molar-refractivity contribution < 1.29 is 18.7 Å². The minimum atomic E-state index is -1.63. The molecule has 0 aromatic carbocycles. The van der Waals surface area contributed by atoms with Crippen LogP contribution in [0.2, 0.25) is 0 Å². The fourth-order valence-corrected chi connectivity index (χ4v) is 2.85. The largest absolute Gasteiger partial charge is 0.364 e. The van der Waals surface area contributed by atoms with Gasteiger partial charge in [0.25, 0.3) is 5.91 Å². The van der Waals surface area contributed by atoms with Gasteiger partial charge in [-0.1, -0.05) is 0 Å². The van der Waals surface area contributed by atoms with Gasteiger partial charge in [0.05, 0.1) is 12.1 Å². The van der Waals surface area contributed by atoms with Gasteiger partial charge < -0.3 is 14.5 Å². The van der Waals surface area contributed by atoms with Crippen LogP contribution in [0.25, 0.3) is 0 Å². The topological polar surface area (TPSA) is 49.9 Å². The minimum Gasteiger partial charge on any atom is -0.364 e. The molecule has 3 fully saturated rings. The van der Waals surface area contributed by atoms with Gasteiger partial charge in [0.2, 0.25) is 5.91 Å². The van der Waals surface area contributed by atoms with E-state index in [1.54, 1.807) is 4.90 Å². The Kier molecular flexibility index (Phi) is 2.59. The van der Waals surface area contributed by atoms with Gasteiger partial charge in [-0.3, -0.25) is 9.59 Å². The van der Waals surface area contributed by atoms with E-state index in [2.05, 4.69) is 0 Å². The molecule has 0 aromatic heterocycles. The minimum absolute atomic E-state index is 0.0468. The summed E-state index contributed by atoms with van der Waals surface area (Å²) in [5, 5.41) is 0. The van der Waals surface area contributed by atoms with Gasteiger partial charge >= 0.3 is 0 Å². The van der Waals surface area contributed by atoms with E-state index in [0.717, 1.165) is 0 Å². The number of amides is 2. The molecule has 0 radical (unpaired) electrons. The van der Waals surface area contributed by atoms with E-state index in [1.807, 2.05) is 6.92 Å². The molecule has 0 spiro atoms. The van der Waals surface area contributed by atoms with Gasteiger partial charge in [-0.25, -0.2) is 4.39 Å². The normalized spacial score (nSPS) is 33.6. The fourth-order valence-electron chi connectivity index (χ4n) is 2.85. The Labute approximate surface area is 105 Å². The van der Waals surface area contributed by atoms with Crippen molar-refractivity contribution in [3.63, 3.8) is 0 Å². The predicted molar refractivity (Wildman–Crippen MR) is 60.6 cm³/mol. The number of hydrogen-bond acceptors (Lipinski definition) is 3. The highest BCUT2D eigenvalue weighted by Gasteiger charge is 2.55. The van der Waals surface area contributed by atoms with Crippen molar-refractivity contribution in [2.24, 2.45) is 0 Å². The number of likely N-dealkylation sites (tertiary alicyclic amines) is 1. The summed E-state index contributed by atoms with van der Waals surface area (Å²) in [7, 11) is 0. The lowest BCUT2D eigenvalue weighted by Gasteiger charge is -2.35. The average molecular weight is 256 g/mol. The molecule has 0 aromatic rings. The zero-order chi connectivity index (χ0) is 12.9. The number of nitrogens with zero attached hydrogens (tertiary/aromatic N) is 2. The summed E-state index contributed by atoms with van der Waals surface area (Å²) < 4.78 is 19.2. The van der Waals surface area contributed by atoms with E-state index in [4.69, 9.17) is 4.74 Å². The maximum atomic E-state index is 13.8. The highest BCUT2D eigenvalue weighted by atomic mass is 19.1. The summed E-state index contributed by atoms with van der Waals surface area (Å²) in [6.45, 7) is 3.37. The summed E-state index contributed by atoms with van der Waals surface area (Å²) in [6, 6.07) is -0.109. The third-order valence-corrected chi connectivity index (χ3v) is 4.08. The number of rotatable bonds is 2. The lowest BCUT2D eigenvalue weighted by molar-refractivity contribution is -0.152. The average Bonchev–Trinajstić information content (AvgIpc) is 2.96. The number of ether oxygens (including phenoxy) is 1. The van der Waals surface area contributed by atoms with Crippen molar-refractivity contribution >= 4 is 11.8 Å². The molecule has 2 amide bonds. The van der Waals surface area contributed by atoms with Gasteiger partial charge in [-0.15, -0.1) is 0 Å². The van der Waals surface area contributed by atoms with E-state index in [1.165, 1.54) is 4.90 Å². The summed E-state index contributed by atoms with van der Waals surface area (Å²) >= 11 is 0. The third kappa shape index (κ3) is 1.70. The van der Waals surface area contributed by atoms with Crippen molar-refractivity contribution in [3.05, 3.63) is 0 Å². The molecule has 2 aliphatic heterocycles. The van der Waals surface area contributed by atoms with Crippen molar-refractivity contribution in [1.82, 2.24) is 9.80 Å². The van der Waals surface area contributed by atoms with Gasteiger partial charge in [0, 0.05) is 19.6 Å². The summed E-state index contributed by atoms with van der Waals surface area (Å²) in [5.41, 5.74) is -1.63. The van der Waals surface area contributed by atoms with E-state index in [9.17, 15) is 14.0 Å². The van der Waals surface area contributed by atoms with Crippen LogP contribution in [0.5, 0.6) is 0 Å². The highest BCUT2D eigenvalue weighted by Crippen LogP contribution is 2.42. The van der Waals surface area contributed by atoms with Crippen LogP contribution in [0, 0.1) is 0 Å². The van der Waals surface area contributed by atoms with Crippen LogP contribution in [0.1, 0.15) is 19.8 Å². The summed E-state index contributed by atoms with van der Waals surface area (Å²) in [4.78, 5) is 26.9.